The van der Waals surface area contributed by atoms with Crippen molar-refractivity contribution >= 4 is 29.4 Å². The number of rotatable bonds is 8. The highest BCUT2D eigenvalue weighted by Crippen LogP contribution is 2.31. The van der Waals surface area contributed by atoms with Gasteiger partial charge in [0.15, 0.2) is 0 Å². The fourth-order valence-electron chi connectivity index (χ4n) is 3.58. The third-order valence-corrected chi connectivity index (χ3v) is 5.86. The first kappa shape index (κ1) is 25.7. The third kappa shape index (κ3) is 6.84. The van der Waals surface area contributed by atoms with Gasteiger partial charge in [-0.25, -0.2) is 0 Å². The van der Waals surface area contributed by atoms with E-state index in [4.69, 9.17) is 5.73 Å². The molecule has 6 nitrogen and oxygen atoms in total. The molecule has 4 N–H and O–H groups in total. The van der Waals surface area contributed by atoms with Crippen LogP contribution in [0.4, 0.5) is 13.2 Å². The first-order valence-corrected chi connectivity index (χ1v) is 11.6. The van der Waals surface area contributed by atoms with Crippen molar-refractivity contribution in [2.45, 2.75) is 31.6 Å². The summed E-state index contributed by atoms with van der Waals surface area (Å²) in [6.45, 7) is 0.249. The van der Waals surface area contributed by atoms with Crippen LogP contribution in [0.5, 0.6) is 0 Å². The molecule has 0 radical (unpaired) electrons. The zero-order valence-electron chi connectivity index (χ0n) is 19.6. The van der Waals surface area contributed by atoms with Crippen molar-refractivity contribution in [3.05, 3.63) is 106 Å². The molecule has 1 aliphatic rings. The van der Waals surface area contributed by atoms with Gasteiger partial charge in [0.1, 0.15) is 0 Å². The second-order valence-electron chi connectivity index (χ2n) is 8.75. The Hall–Kier alpha value is -4.40. The molecule has 0 saturated heterocycles. The van der Waals surface area contributed by atoms with Crippen LogP contribution in [0.15, 0.2) is 72.8 Å². The van der Waals surface area contributed by atoms with Crippen LogP contribution in [-0.2, 0) is 17.5 Å². The molecule has 1 fully saturated rings. The standard InChI is InChI=1S/C28H24F3N3O3/c29-28(30,31)22-11-9-19(10-12-22)24(27(37)34-23-13-14-23)15-17-1-7-21(8-2-17)26(36)33-16-18-3-5-20(6-4-18)25(32)35/h1-12,15,23H,13-14,16H2,(H2,32,35)(H,33,36)(H,34,37)/b24-15+. The highest BCUT2D eigenvalue weighted by molar-refractivity contribution is 6.24. The number of benzene rings is 3. The number of carbonyl (C=O) groups is 3. The maximum atomic E-state index is 13.0. The molecule has 3 aromatic carbocycles. The number of primary amides is 1. The molecule has 190 valence electrons. The van der Waals surface area contributed by atoms with Gasteiger partial charge in [0.05, 0.1) is 5.56 Å². The normalized spacial score (nSPS) is 13.6. The smallest absolute Gasteiger partial charge is 0.366 e. The van der Waals surface area contributed by atoms with Gasteiger partial charge in [-0.05, 0) is 72.0 Å². The summed E-state index contributed by atoms with van der Waals surface area (Å²) in [5.74, 6) is -1.22. The number of nitrogens with one attached hydrogen (secondary N) is 2. The molecule has 0 atom stereocenters. The Morgan fingerprint density at radius 2 is 1.41 bits per heavy atom. The number of hydrogen-bond acceptors (Lipinski definition) is 3. The van der Waals surface area contributed by atoms with Crippen LogP contribution in [0.2, 0.25) is 0 Å². The van der Waals surface area contributed by atoms with Crippen LogP contribution in [0.3, 0.4) is 0 Å². The minimum Gasteiger partial charge on any atom is -0.366 e. The second kappa shape index (κ2) is 10.7. The Balaban J connectivity index is 1.48. The lowest BCUT2D eigenvalue weighted by atomic mass is 9.99. The number of halogens is 3. The van der Waals surface area contributed by atoms with Gasteiger partial charge in [-0.3, -0.25) is 14.4 Å². The topological polar surface area (TPSA) is 101 Å². The zero-order chi connectivity index (χ0) is 26.6. The van der Waals surface area contributed by atoms with Gasteiger partial charge in [0.25, 0.3) is 11.8 Å². The van der Waals surface area contributed by atoms with E-state index in [2.05, 4.69) is 10.6 Å². The molecular weight excluding hydrogens is 483 g/mol. The molecule has 0 spiro atoms. The number of amides is 3. The molecule has 37 heavy (non-hydrogen) atoms. The van der Waals surface area contributed by atoms with Gasteiger partial charge in [0, 0.05) is 29.3 Å². The Kier molecular flexibility index (Phi) is 7.42. The molecule has 3 amide bonds. The van der Waals surface area contributed by atoms with Crippen LogP contribution >= 0.6 is 0 Å². The summed E-state index contributed by atoms with van der Waals surface area (Å²) in [6, 6.07) is 17.6. The molecule has 9 heteroatoms. The Labute approximate surface area is 211 Å². The molecule has 1 saturated carbocycles. The van der Waals surface area contributed by atoms with Gasteiger partial charge in [-0.1, -0.05) is 36.4 Å². The van der Waals surface area contributed by atoms with Gasteiger partial charge in [-0.15, -0.1) is 0 Å². The summed E-state index contributed by atoms with van der Waals surface area (Å²) in [6.07, 6.45) is -1.15. The van der Waals surface area contributed by atoms with Gasteiger partial charge >= 0.3 is 6.18 Å². The SMILES string of the molecule is NC(=O)c1ccc(CNC(=O)c2ccc(/C=C(/C(=O)NC3CC3)c3ccc(C(F)(F)F)cc3)cc2)cc1. The van der Waals surface area contributed by atoms with Gasteiger partial charge < -0.3 is 16.4 Å². The summed E-state index contributed by atoms with van der Waals surface area (Å²) < 4.78 is 38.9. The van der Waals surface area contributed by atoms with Crippen LogP contribution in [-0.4, -0.2) is 23.8 Å². The van der Waals surface area contributed by atoms with E-state index >= 15 is 0 Å². The number of alkyl halides is 3. The Morgan fingerprint density at radius 1 is 0.838 bits per heavy atom. The molecule has 0 bridgehead atoms. The van der Waals surface area contributed by atoms with E-state index in [0.717, 1.165) is 30.5 Å². The summed E-state index contributed by atoms with van der Waals surface area (Å²) >= 11 is 0. The highest BCUT2D eigenvalue weighted by Gasteiger charge is 2.30. The largest absolute Gasteiger partial charge is 0.416 e. The minimum absolute atomic E-state index is 0.0726. The van der Waals surface area contributed by atoms with E-state index in [-0.39, 0.29) is 30.0 Å². The van der Waals surface area contributed by atoms with Crippen LogP contribution in [0.1, 0.15) is 55.8 Å². The predicted molar refractivity (Wildman–Crippen MR) is 133 cm³/mol. The molecule has 0 unspecified atom stereocenters. The summed E-state index contributed by atoms with van der Waals surface area (Å²) in [7, 11) is 0. The number of hydrogen-bond donors (Lipinski definition) is 3. The van der Waals surface area contributed by atoms with E-state index in [1.54, 1.807) is 54.6 Å². The van der Waals surface area contributed by atoms with Crippen LogP contribution in [0.25, 0.3) is 11.6 Å². The second-order valence-corrected chi connectivity index (χ2v) is 8.75. The molecule has 3 aromatic rings. The summed E-state index contributed by atoms with van der Waals surface area (Å²) in [5.41, 5.74) is 7.19. The van der Waals surface area contributed by atoms with Crippen LogP contribution in [0, 0.1) is 0 Å². The van der Waals surface area contributed by atoms with Crippen molar-refractivity contribution in [3.8, 4) is 0 Å². The fraction of sp³-hybridized carbons (Fsp3) is 0.179. The molecule has 0 aromatic heterocycles. The lowest BCUT2D eigenvalue weighted by Gasteiger charge is -2.11. The monoisotopic (exact) mass is 507 g/mol. The van der Waals surface area contributed by atoms with Crippen molar-refractivity contribution < 1.29 is 27.6 Å². The molecule has 0 heterocycles. The predicted octanol–water partition coefficient (Wildman–Crippen LogP) is 4.55. The summed E-state index contributed by atoms with van der Waals surface area (Å²) in [4.78, 5) is 36.5. The van der Waals surface area contributed by atoms with E-state index < -0.39 is 17.6 Å². The molecule has 1 aliphatic carbocycles. The fourth-order valence-corrected chi connectivity index (χ4v) is 3.58. The number of carbonyl (C=O) groups excluding carboxylic acids is 3. The maximum absolute atomic E-state index is 13.0. The van der Waals surface area contributed by atoms with Crippen molar-refractivity contribution in [1.29, 1.82) is 0 Å². The molecular formula is C28H24F3N3O3. The number of nitrogens with two attached hydrogens (primary N) is 1. The summed E-state index contributed by atoms with van der Waals surface area (Å²) in [5, 5.41) is 5.66. The third-order valence-electron chi connectivity index (χ3n) is 5.86. The minimum atomic E-state index is -4.47. The average Bonchev–Trinajstić information content (AvgIpc) is 3.70. The Bertz CT molecular complexity index is 1330. The van der Waals surface area contributed by atoms with E-state index in [0.29, 0.717) is 22.3 Å². The van der Waals surface area contributed by atoms with E-state index in [1.807, 2.05) is 0 Å². The quantitative estimate of drug-likeness (QED) is 0.308. The lowest BCUT2D eigenvalue weighted by molar-refractivity contribution is -0.137. The first-order chi connectivity index (χ1) is 17.6. The van der Waals surface area contributed by atoms with Crippen molar-refractivity contribution in [2.24, 2.45) is 5.73 Å². The van der Waals surface area contributed by atoms with Crippen LogP contribution < -0.4 is 16.4 Å². The maximum Gasteiger partial charge on any atom is 0.416 e. The molecule has 0 aliphatic heterocycles. The zero-order valence-corrected chi connectivity index (χ0v) is 19.6. The van der Waals surface area contributed by atoms with Crippen molar-refractivity contribution in [1.82, 2.24) is 10.6 Å². The first-order valence-electron chi connectivity index (χ1n) is 11.6. The van der Waals surface area contributed by atoms with E-state index in [9.17, 15) is 27.6 Å². The van der Waals surface area contributed by atoms with E-state index in [1.165, 1.54) is 12.1 Å². The van der Waals surface area contributed by atoms with Gasteiger partial charge in [-0.2, -0.15) is 13.2 Å². The van der Waals surface area contributed by atoms with Crippen molar-refractivity contribution in [2.75, 3.05) is 0 Å². The highest BCUT2D eigenvalue weighted by atomic mass is 19.4. The average molecular weight is 508 g/mol. The van der Waals surface area contributed by atoms with Crippen molar-refractivity contribution in [3.63, 3.8) is 0 Å². The molecule has 4 rings (SSSR count). The Morgan fingerprint density at radius 3 is 1.95 bits per heavy atom. The lowest BCUT2D eigenvalue weighted by Crippen LogP contribution is -2.26. The van der Waals surface area contributed by atoms with Gasteiger partial charge in [0.2, 0.25) is 5.91 Å².